The van der Waals surface area contributed by atoms with Crippen LogP contribution in [0.15, 0.2) is 88.8 Å². The molecule has 0 amide bonds. The Balaban J connectivity index is 1.82. The molecule has 0 radical (unpaired) electrons. The van der Waals surface area contributed by atoms with E-state index in [1.807, 2.05) is 54.6 Å². The molecule has 0 saturated heterocycles. The van der Waals surface area contributed by atoms with E-state index in [2.05, 4.69) is 0 Å². The van der Waals surface area contributed by atoms with Crippen molar-refractivity contribution in [2.45, 2.75) is 16.6 Å². The van der Waals surface area contributed by atoms with Crippen molar-refractivity contribution in [2.75, 3.05) is 0 Å². The molecule has 0 fully saturated rings. The molecule has 1 heterocycles. The Kier molecular flexibility index (Phi) is 4.64. The molecule has 1 aliphatic heterocycles. The van der Waals surface area contributed by atoms with Crippen molar-refractivity contribution in [3.8, 4) is 0 Å². The fourth-order valence-electron chi connectivity index (χ4n) is 3.18. The quantitative estimate of drug-likeness (QED) is 0.479. The molecule has 1 aliphatic rings. The van der Waals surface area contributed by atoms with E-state index in [1.54, 1.807) is 12.1 Å². The minimum Gasteiger partial charge on any atom is -0.258 e. The van der Waals surface area contributed by atoms with Crippen molar-refractivity contribution in [3.05, 3.63) is 100 Å². The van der Waals surface area contributed by atoms with Crippen LogP contribution in [0.4, 0.5) is 11.4 Å². The summed E-state index contributed by atoms with van der Waals surface area (Å²) in [5.41, 5.74) is 3.29. The van der Waals surface area contributed by atoms with Gasteiger partial charge < -0.3 is 0 Å². The smallest absolute Gasteiger partial charge is 0.258 e. The summed E-state index contributed by atoms with van der Waals surface area (Å²) < 4.78 is 13.3. The molecule has 2 atom stereocenters. The lowest BCUT2D eigenvalue weighted by Gasteiger charge is -2.16. The zero-order chi connectivity index (χ0) is 18.8. The van der Waals surface area contributed by atoms with Crippen LogP contribution in [0.25, 0.3) is 0 Å². The summed E-state index contributed by atoms with van der Waals surface area (Å²) in [7, 11) is -1.25. The van der Waals surface area contributed by atoms with Gasteiger partial charge in [-0.2, -0.15) is 0 Å². The second-order valence-electron chi connectivity index (χ2n) is 6.23. The summed E-state index contributed by atoms with van der Waals surface area (Å²) in [5.74, 6) is 0. The van der Waals surface area contributed by atoms with E-state index in [4.69, 9.17) is 4.99 Å². The van der Waals surface area contributed by atoms with Crippen LogP contribution in [0.2, 0.25) is 0 Å². The number of nitro benzene ring substituents is 1. The first-order valence-corrected chi connectivity index (χ1v) is 9.72. The zero-order valence-corrected chi connectivity index (χ0v) is 15.1. The average molecular weight is 376 g/mol. The van der Waals surface area contributed by atoms with Crippen LogP contribution in [0.5, 0.6) is 0 Å². The minimum absolute atomic E-state index is 0.0385. The molecule has 2 unspecified atom stereocenters. The highest BCUT2D eigenvalue weighted by atomic mass is 32.2. The molecule has 0 saturated carbocycles. The first kappa shape index (κ1) is 17.3. The Hall–Kier alpha value is -3.12. The zero-order valence-electron chi connectivity index (χ0n) is 14.3. The van der Waals surface area contributed by atoms with Crippen molar-refractivity contribution in [1.29, 1.82) is 0 Å². The van der Waals surface area contributed by atoms with Gasteiger partial charge in [0.15, 0.2) is 0 Å². The number of para-hydroxylation sites is 1. The maximum Gasteiger partial charge on any atom is 0.269 e. The third-order valence-electron chi connectivity index (χ3n) is 4.56. The molecule has 134 valence electrons. The molecule has 3 aromatic rings. The van der Waals surface area contributed by atoms with Crippen LogP contribution in [0.1, 0.15) is 22.8 Å². The number of hydrogen-bond acceptors (Lipinski definition) is 4. The number of rotatable bonds is 3. The summed E-state index contributed by atoms with van der Waals surface area (Å²) in [6, 6.07) is 23.6. The van der Waals surface area contributed by atoms with E-state index in [9.17, 15) is 14.3 Å². The molecule has 3 aromatic carbocycles. The number of fused-ring (bicyclic) bond motifs is 1. The molecule has 0 bridgehead atoms. The van der Waals surface area contributed by atoms with Gasteiger partial charge in [-0.05, 0) is 35.4 Å². The summed E-state index contributed by atoms with van der Waals surface area (Å²) in [5, 5.41) is 10.7. The Bertz CT molecular complexity index is 1050. The summed E-state index contributed by atoms with van der Waals surface area (Å²) >= 11 is 0. The van der Waals surface area contributed by atoms with Crippen molar-refractivity contribution in [3.63, 3.8) is 0 Å². The molecule has 27 heavy (non-hydrogen) atoms. The second kappa shape index (κ2) is 7.25. The highest BCUT2D eigenvalue weighted by Crippen LogP contribution is 2.38. The van der Waals surface area contributed by atoms with Crippen molar-refractivity contribution < 1.29 is 9.13 Å². The number of hydrogen-bond donors (Lipinski definition) is 0. The lowest BCUT2D eigenvalue weighted by Crippen LogP contribution is -2.11. The summed E-state index contributed by atoms with van der Waals surface area (Å²) in [4.78, 5) is 16.0. The number of nitro groups is 1. The van der Waals surface area contributed by atoms with Gasteiger partial charge in [0.25, 0.3) is 5.69 Å². The number of benzene rings is 3. The highest BCUT2D eigenvalue weighted by molar-refractivity contribution is 7.85. The number of non-ortho nitro benzene ring substituents is 1. The van der Waals surface area contributed by atoms with Gasteiger partial charge in [0.1, 0.15) is 0 Å². The van der Waals surface area contributed by atoms with Gasteiger partial charge >= 0.3 is 0 Å². The highest BCUT2D eigenvalue weighted by Gasteiger charge is 2.28. The van der Waals surface area contributed by atoms with E-state index in [1.165, 1.54) is 12.1 Å². The predicted molar refractivity (Wildman–Crippen MR) is 106 cm³/mol. The Labute approximate surface area is 159 Å². The third kappa shape index (κ3) is 3.44. The van der Waals surface area contributed by atoms with Crippen LogP contribution >= 0.6 is 0 Å². The molecule has 0 spiro atoms. The van der Waals surface area contributed by atoms with Crippen molar-refractivity contribution >= 4 is 27.9 Å². The van der Waals surface area contributed by atoms with Crippen LogP contribution in [-0.4, -0.2) is 14.8 Å². The van der Waals surface area contributed by atoms with E-state index in [0.717, 1.165) is 16.8 Å². The Morgan fingerprint density at radius 1 is 0.926 bits per heavy atom. The molecular weight excluding hydrogens is 360 g/mol. The molecule has 5 nitrogen and oxygen atoms in total. The standard InChI is InChI=1S/C21H16N2O3S/c24-23(25)17-12-10-15(11-13-17)19-14-21(16-6-2-1-3-7-16)27(26)20-9-5-4-8-18(20)22-19/h1-13,21H,14H2. The third-order valence-corrected chi connectivity index (χ3v) is 6.29. The van der Waals surface area contributed by atoms with Gasteiger partial charge in [0, 0.05) is 24.3 Å². The van der Waals surface area contributed by atoms with E-state index in [0.29, 0.717) is 17.0 Å². The van der Waals surface area contributed by atoms with Gasteiger partial charge in [-0.1, -0.05) is 42.5 Å². The van der Waals surface area contributed by atoms with Gasteiger partial charge in [0.05, 0.1) is 31.6 Å². The number of nitrogens with zero attached hydrogens (tertiary/aromatic N) is 2. The SMILES string of the molecule is O=[N+]([O-])c1ccc(C2=Nc3ccccc3S(=O)C(c3ccccc3)C2)cc1. The van der Waals surface area contributed by atoms with Crippen LogP contribution < -0.4 is 0 Å². The minimum atomic E-state index is -1.25. The molecule has 6 heteroatoms. The summed E-state index contributed by atoms with van der Waals surface area (Å²) in [6.07, 6.45) is 0.489. The lowest BCUT2D eigenvalue weighted by molar-refractivity contribution is -0.384. The van der Waals surface area contributed by atoms with Crippen LogP contribution in [-0.2, 0) is 10.8 Å². The van der Waals surface area contributed by atoms with Crippen molar-refractivity contribution in [2.24, 2.45) is 4.99 Å². The summed E-state index contributed by atoms with van der Waals surface area (Å²) in [6.45, 7) is 0. The first-order chi connectivity index (χ1) is 13.1. The van der Waals surface area contributed by atoms with Gasteiger partial charge in [-0.3, -0.25) is 19.3 Å². The molecular formula is C21H16N2O3S. The first-order valence-electron chi connectivity index (χ1n) is 8.50. The van der Waals surface area contributed by atoms with E-state index in [-0.39, 0.29) is 10.9 Å². The largest absolute Gasteiger partial charge is 0.269 e. The average Bonchev–Trinajstić information content (AvgIpc) is 2.86. The monoisotopic (exact) mass is 376 g/mol. The van der Waals surface area contributed by atoms with Crippen LogP contribution in [0.3, 0.4) is 0 Å². The fraction of sp³-hybridized carbons (Fsp3) is 0.0952. The van der Waals surface area contributed by atoms with E-state index < -0.39 is 15.7 Å². The van der Waals surface area contributed by atoms with Gasteiger partial charge in [-0.25, -0.2) is 0 Å². The fourth-order valence-corrected chi connectivity index (χ4v) is 4.73. The Morgan fingerprint density at radius 3 is 2.30 bits per heavy atom. The van der Waals surface area contributed by atoms with E-state index >= 15 is 0 Å². The van der Waals surface area contributed by atoms with Gasteiger partial charge in [-0.15, -0.1) is 0 Å². The predicted octanol–water partition coefficient (Wildman–Crippen LogP) is 4.97. The molecule has 0 N–H and O–H groups in total. The number of aliphatic imine (C=N–C) groups is 1. The topological polar surface area (TPSA) is 72.6 Å². The maximum absolute atomic E-state index is 13.3. The normalized spacial score (nSPS) is 18.9. The lowest BCUT2D eigenvalue weighted by atomic mass is 10.0. The van der Waals surface area contributed by atoms with Crippen LogP contribution in [0, 0.1) is 10.1 Å². The molecule has 4 rings (SSSR count). The second-order valence-corrected chi connectivity index (χ2v) is 7.83. The van der Waals surface area contributed by atoms with Gasteiger partial charge in [0.2, 0.25) is 0 Å². The van der Waals surface area contributed by atoms with Crippen molar-refractivity contribution in [1.82, 2.24) is 0 Å². The Morgan fingerprint density at radius 2 is 1.59 bits per heavy atom. The maximum atomic E-state index is 13.3. The molecule has 0 aromatic heterocycles. The molecule has 0 aliphatic carbocycles.